The fourth-order valence-electron chi connectivity index (χ4n) is 2.16. The Morgan fingerprint density at radius 3 is 2.55 bits per heavy atom. The van der Waals surface area contributed by atoms with Crippen molar-refractivity contribution in [3.05, 3.63) is 24.3 Å². The number of nitrogens with zero attached hydrogens (tertiary/aromatic N) is 2. The third-order valence-corrected chi connectivity index (χ3v) is 3.27. The van der Waals surface area contributed by atoms with Crippen molar-refractivity contribution in [2.24, 2.45) is 0 Å². The van der Waals surface area contributed by atoms with Crippen LogP contribution in [0.5, 0.6) is 0 Å². The molecule has 0 atom stereocenters. The smallest absolute Gasteiger partial charge is 0.225 e. The van der Waals surface area contributed by atoms with Gasteiger partial charge in [-0.1, -0.05) is 25.0 Å². The zero-order chi connectivity index (χ0) is 14.2. The Hall–Kier alpha value is -1.88. The topological polar surface area (TPSA) is 75.9 Å². The van der Waals surface area contributed by atoms with E-state index in [-0.39, 0.29) is 0 Å². The highest BCUT2D eigenvalue weighted by molar-refractivity contribution is 5.88. The first kappa shape index (κ1) is 14.5. The molecule has 5 heteroatoms. The van der Waals surface area contributed by atoms with Crippen LogP contribution < -0.4 is 16.4 Å². The van der Waals surface area contributed by atoms with Gasteiger partial charge in [0, 0.05) is 11.9 Å². The molecule has 1 aromatic carbocycles. The van der Waals surface area contributed by atoms with E-state index in [9.17, 15) is 0 Å². The van der Waals surface area contributed by atoms with Gasteiger partial charge in [-0.2, -0.15) is 4.98 Å². The van der Waals surface area contributed by atoms with Crippen molar-refractivity contribution >= 4 is 22.7 Å². The van der Waals surface area contributed by atoms with Crippen LogP contribution in [0.1, 0.15) is 25.7 Å². The standard InChI is InChI=1S/C15H23N5/c1-17-10-6-2-3-7-11-18-15-19-13-9-5-4-8-12(13)14(16)20-15/h4-5,8-9,17H,2-3,6-7,10-11H2,1H3,(H3,16,18,19,20). The van der Waals surface area contributed by atoms with Gasteiger partial charge in [0.2, 0.25) is 5.95 Å². The van der Waals surface area contributed by atoms with Crippen LogP contribution in [0.3, 0.4) is 0 Å². The second-order valence-corrected chi connectivity index (χ2v) is 4.89. The lowest BCUT2D eigenvalue weighted by atomic mass is 10.2. The van der Waals surface area contributed by atoms with E-state index in [1.54, 1.807) is 0 Å². The lowest BCUT2D eigenvalue weighted by Crippen LogP contribution is -2.09. The number of rotatable bonds is 8. The highest BCUT2D eigenvalue weighted by atomic mass is 15.1. The van der Waals surface area contributed by atoms with Crippen molar-refractivity contribution in [1.29, 1.82) is 0 Å². The maximum absolute atomic E-state index is 5.94. The summed E-state index contributed by atoms with van der Waals surface area (Å²) in [6.07, 6.45) is 4.83. The number of hydrogen-bond acceptors (Lipinski definition) is 5. The molecule has 2 aromatic rings. The van der Waals surface area contributed by atoms with Crippen LogP contribution in [0.15, 0.2) is 24.3 Å². The molecular weight excluding hydrogens is 250 g/mol. The minimum Gasteiger partial charge on any atom is -0.383 e. The summed E-state index contributed by atoms with van der Waals surface area (Å²) in [5, 5.41) is 7.32. The summed E-state index contributed by atoms with van der Waals surface area (Å²) in [6, 6.07) is 7.80. The molecule has 0 amide bonds. The number of nitrogens with two attached hydrogens (primary N) is 1. The maximum Gasteiger partial charge on any atom is 0.225 e. The van der Waals surface area contributed by atoms with Crippen LogP contribution in [-0.4, -0.2) is 30.1 Å². The predicted octanol–water partition coefficient (Wildman–Crippen LogP) is 2.40. The van der Waals surface area contributed by atoms with Gasteiger partial charge in [-0.15, -0.1) is 0 Å². The highest BCUT2D eigenvalue weighted by Gasteiger charge is 2.03. The summed E-state index contributed by atoms with van der Waals surface area (Å²) in [6.45, 7) is 1.98. The summed E-state index contributed by atoms with van der Waals surface area (Å²) in [5.41, 5.74) is 6.83. The molecule has 0 spiro atoms. The van der Waals surface area contributed by atoms with Crippen LogP contribution in [0.2, 0.25) is 0 Å². The SMILES string of the molecule is CNCCCCCCNc1nc(N)c2ccccc2n1. The first-order valence-electron chi connectivity index (χ1n) is 7.22. The molecule has 0 aliphatic carbocycles. The number of fused-ring (bicyclic) bond motifs is 1. The molecule has 5 nitrogen and oxygen atoms in total. The van der Waals surface area contributed by atoms with E-state index in [1.807, 2.05) is 31.3 Å². The van der Waals surface area contributed by atoms with Crippen LogP contribution in [0.4, 0.5) is 11.8 Å². The molecule has 0 bridgehead atoms. The van der Waals surface area contributed by atoms with Gasteiger partial charge in [0.15, 0.2) is 0 Å². The highest BCUT2D eigenvalue weighted by Crippen LogP contribution is 2.18. The molecule has 0 fully saturated rings. The van der Waals surface area contributed by atoms with Gasteiger partial charge in [0.1, 0.15) is 5.82 Å². The Morgan fingerprint density at radius 1 is 1.00 bits per heavy atom. The van der Waals surface area contributed by atoms with Gasteiger partial charge >= 0.3 is 0 Å². The molecule has 20 heavy (non-hydrogen) atoms. The van der Waals surface area contributed by atoms with E-state index in [1.165, 1.54) is 19.3 Å². The molecule has 0 aliphatic rings. The predicted molar refractivity (Wildman–Crippen MR) is 84.8 cm³/mol. The summed E-state index contributed by atoms with van der Waals surface area (Å²) in [7, 11) is 1.99. The van der Waals surface area contributed by atoms with Crippen LogP contribution in [-0.2, 0) is 0 Å². The third-order valence-electron chi connectivity index (χ3n) is 3.27. The molecular formula is C15H23N5. The van der Waals surface area contributed by atoms with Gasteiger partial charge in [0.05, 0.1) is 5.52 Å². The second kappa shape index (κ2) is 7.65. The Morgan fingerprint density at radius 2 is 1.75 bits per heavy atom. The number of benzene rings is 1. The zero-order valence-electron chi connectivity index (χ0n) is 12.0. The molecule has 2 rings (SSSR count). The largest absolute Gasteiger partial charge is 0.383 e. The number of hydrogen-bond donors (Lipinski definition) is 3. The number of nitrogen functional groups attached to an aromatic ring is 1. The quantitative estimate of drug-likeness (QED) is 0.644. The van der Waals surface area contributed by atoms with Crippen molar-refractivity contribution in [3.63, 3.8) is 0 Å². The normalized spacial score (nSPS) is 10.8. The number of aromatic nitrogens is 2. The van der Waals surface area contributed by atoms with Crippen molar-refractivity contribution in [2.75, 3.05) is 31.2 Å². The van der Waals surface area contributed by atoms with Crippen LogP contribution in [0.25, 0.3) is 10.9 Å². The molecule has 0 saturated heterocycles. The average Bonchev–Trinajstić information content (AvgIpc) is 2.46. The molecule has 108 valence electrons. The van der Waals surface area contributed by atoms with Crippen molar-refractivity contribution in [2.45, 2.75) is 25.7 Å². The molecule has 4 N–H and O–H groups in total. The summed E-state index contributed by atoms with van der Waals surface area (Å²) < 4.78 is 0. The summed E-state index contributed by atoms with van der Waals surface area (Å²) >= 11 is 0. The van der Waals surface area contributed by atoms with Gasteiger partial charge in [-0.25, -0.2) is 4.98 Å². The lowest BCUT2D eigenvalue weighted by molar-refractivity contribution is 0.626. The van der Waals surface area contributed by atoms with Crippen molar-refractivity contribution in [3.8, 4) is 0 Å². The minimum absolute atomic E-state index is 0.534. The first-order chi connectivity index (χ1) is 9.81. The fourth-order valence-corrected chi connectivity index (χ4v) is 2.16. The van der Waals surface area contributed by atoms with E-state index >= 15 is 0 Å². The number of unbranched alkanes of at least 4 members (excludes halogenated alkanes) is 3. The van der Waals surface area contributed by atoms with Gasteiger partial charge < -0.3 is 16.4 Å². The van der Waals surface area contributed by atoms with E-state index in [4.69, 9.17) is 5.73 Å². The van der Waals surface area contributed by atoms with Gasteiger partial charge in [-0.3, -0.25) is 0 Å². The second-order valence-electron chi connectivity index (χ2n) is 4.89. The van der Waals surface area contributed by atoms with Crippen LogP contribution in [0, 0.1) is 0 Å². The Labute approximate surface area is 120 Å². The molecule has 0 aliphatic heterocycles. The van der Waals surface area contributed by atoms with Crippen molar-refractivity contribution in [1.82, 2.24) is 15.3 Å². The monoisotopic (exact) mass is 273 g/mol. The first-order valence-corrected chi connectivity index (χ1v) is 7.22. The molecule has 1 heterocycles. The molecule has 0 unspecified atom stereocenters. The number of nitrogens with one attached hydrogen (secondary N) is 2. The Bertz CT molecular complexity index is 541. The number of para-hydroxylation sites is 1. The summed E-state index contributed by atoms with van der Waals surface area (Å²) in [5.74, 6) is 1.16. The maximum atomic E-state index is 5.94. The Balaban J connectivity index is 1.81. The van der Waals surface area contributed by atoms with Gasteiger partial charge in [0.25, 0.3) is 0 Å². The third kappa shape index (κ3) is 4.06. The molecule has 0 radical (unpaired) electrons. The fraction of sp³-hybridized carbons (Fsp3) is 0.467. The summed E-state index contributed by atoms with van der Waals surface area (Å²) in [4.78, 5) is 8.77. The van der Waals surface area contributed by atoms with Gasteiger partial charge in [-0.05, 0) is 38.6 Å². The van der Waals surface area contributed by atoms with E-state index in [2.05, 4.69) is 20.6 Å². The average molecular weight is 273 g/mol. The van der Waals surface area contributed by atoms with E-state index in [0.29, 0.717) is 11.8 Å². The zero-order valence-corrected chi connectivity index (χ0v) is 12.0. The molecule has 0 saturated carbocycles. The lowest BCUT2D eigenvalue weighted by Gasteiger charge is -2.07. The molecule has 1 aromatic heterocycles. The van der Waals surface area contributed by atoms with Crippen LogP contribution >= 0.6 is 0 Å². The van der Waals surface area contributed by atoms with Crippen molar-refractivity contribution < 1.29 is 0 Å². The van der Waals surface area contributed by atoms with E-state index < -0.39 is 0 Å². The van der Waals surface area contributed by atoms with E-state index in [0.717, 1.165) is 30.4 Å². The number of anilines is 2. The minimum atomic E-state index is 0.534. The Kier molecular flexibility index (Phi) is 5.55.